The van der Waals surface area contributed by atoms with Gasteiger partial charge in [0, 0.05) is 6.42 Å². The first-order valence-corrected chi connectivity index (χ1v) is 10.5. The zero-order valence-corrected chi connectivity index (χ0v) is 17.3. The van der Waals surface area contributed by atoms with Gasteiger partial charge in [0.1, 0.15) is 0 Å². The second-order valence-electron chi connectivity index (χ2n) is 8.83. The van der Waals surface area contributed by atoms with Gasteiger partial charge in [-0.1, -0.05) is 98.8 Å². The summed E-state index contributed by atoms with van der Waals surface area (Å²) >= 11 is 0. The molecule has 0 bridgehead atoms. The number of hydrogen-bond acceptors (Lipinski definition) is 2. The third-order valence-corrected chi connectivity index (χ3v) is 4.49. The molecule has 0 fully saturated rings. The van der Waals surface area contributed by atoms with Crippen LogP contribution in [0.3, 0.4) is 0 Å². The highest BCUT2D eigenvalue weighted by Gasteiger charge is 2.18. The SMILES string of the molecule is CCCCCCCCCCCCCOC(=O)CC(C)CC(C)(C)C. The molecule has 0 aliphatic heterocycles. The Morgan fingerprint density at radius 3 is 1.75 bits per heavy atom. The molecule has 24 heavy (non-hydrogen) atoms. The Hall–Kier alpha value is -0.530. The van der Waals surface area contributed by atoms with Crippen LogP contribution in [0.1, 0.15) is 118 Å². The number of esters is 1. The van der Waals surface area contributed by atoms with E-state index in [1.54, 1.807) is 0 Å². The first kappa shape index (κ1) is 23.5. The average Bonchev–Trinajstić information content (AvgIpc) is 2.46. The summed E-state index contributed by atoms with van der Waals surface area (Å²) in [5.74, 6) is 0.397. The van der Waals surface area contributed by atoms with Crippen LogP contribution in [-0.2, 0) is 9.53 Å². The van der Waals surface area contributed by atoms with Gasteiger partial charge in [-0.3, -0.25) is 4.79 Å². The molecule has 0 aromatic carbocycles. The minimum absolute atomic E-state index is 0.0150. The lowest BCUT2D eigenvalue weighted by Crippen LogP contribution is -2.16. The van der Waals surface area contributed by atoms with Crippen LogP contribution in [-0.4, -0.2) is 12.6 Å². The molecule has 144 valence electrons. The van der Waals surface area contributed by atoms with Gasteiger partial charge >= 0.3 is 5.97 Å². The lowest BCUT2D eigenvalue weighted by molar-refractivity contribution is -0.144. The molecule has 0 aliphatic rings. The Balaban J connectivity index is 3.33. The van der Waals surface area contributed by atoms with Crippen molar-refractivity contribution in [2.24, 2.45) is 11.3 Å². The van der Waals surface area contributed by atoms with Gasteiger partial charge in [-0.05, 0) is 24.2 Å². The molecular weight excluding hydrogens is 296 g/mol. The summed E-state index contributed by atoms with van der Waals surface area (Å²) in [5, 5.41) is 0. The Bertz CT molecular complexity index is 291. The van der Waals surface area contributed by atoms with Crippen LogP contribution < -0.4 is 0 Å². The number of ether oxygens (including phenoxy) is 1. The predicted octanol–water partition coefficient (Wildman–Crippen LogP) is 7.30. The van der Waals surface area contributed by atoms with Gasteiger partial charge in [0.05, 0.1) is 6.61 Å². The summed E-state index contributed by atoms with van der Waals surface area (Å²) in [6.07, 6.45) is 16.2. The molecule has 0 saturated carbocycles. The highest BCUT2D eigenvalue weighted by molar-refractivity contribution is 5.69. The minimum atomic E-state index is -0.0150. The van der Waals surface area contributed by atoms with Gasteiger partial charge in [-0.15, -0.1) is 0 Å². The number of carbonyl (C=O) groups is 1. The molecule has 0 aliphatic carbocycles. The monoisotopic (exact) mass is 340 g/mol. The van der Waals surface area contributed by atoms with E-state index >= 15 is 0 Å². The standard InChI is InChI=1S/C22H44O2/c1-6-7-8-9-10-11-12-13-14-15-16-17-24-21(23)18-20(2)19-22(3,4)5/h20H,6-19H2,1-5H3. The summed E-state index contributed by atoms with van der Waals surface area (Å²) < 4.78 is 5.37. The van der Waals surface area contributed by atoms with E-state index in [1.807, 2.05) is 0 Å². The van der Waals surface area contributed by atoms with Crippen molar-refractivity contribution in [3.05, 3.63) is 0 Å². The zero-order valence-electron chi connectivity index (χ0n) is 17.3. The highest BCUT2D eigenvalue weighted by atomic mass is 16.5. The Kier molecular flexibility index (Phi) is 14.5. The highest BCUT2D eigenvalue weighted by Crippen LogP contribution is 2.26. The van der Waals surface area contributed by atoms with Crippen molar-refractivity contribution >= 4 is 5.97 Å². The van der Waals surface area contributed by atoms with Gasteiger partial charge in [0.15, 0.2) is 0 Å². The van der Waals surface area contributed by atoms with Gasteiger partial charge in [0.2, 0.25) is 0 Å². The molecule has 2 nitrogen and oxygen atoms in total. The van der Waals surface area contributed by atoms with Crippen LogP contribution in [0.4, 0.5) is 0 Å². The van der Waals surface area contributed by atoms with Crippen molar-refractivity contribution in [2.75, 3.05) is 6.61 Å². The van der Waals surface area contributed by atoms with Crippen LogP contribution in [0.15, 0.2) is 0 Å². The topological polar surface area (TPSA) is 26.3 Å². The summed E-state index contributed by atoms with van der Waals surface area (Å²) in [7, 11) is 0. The van der Waals surface area contributed by atoms with Gasteiger partial charge < -0.3 is 4.74 Å². The third-order valence-electron chi connectivity index (χ3n) is 4.49. The molecule has 0 amide bonds. The van der Waals surface area contributed by atoms with Crippen LogP contribution in [0.25, 0.3) is 0 Å². The third kappa shape index (κ3) is 17.8. The van der Waals surface area contributed by atoms with Gasteiger partial charge in [-0.25, -0.2) is 0 Å². The van der Waals surface area contributed by atoms with E-state index in [-0.39, 0.29) is 11.4 Å². The maximum Gasteiger partial charge on any atom is 0.306 e. The molecule has 0 spiro atoms. The minimum Gasteiger partial charge on any atom is -0.466 e. The number of hydrogen-bond donors (Lipinski definition) is 0. The molecule has 0 rings (SSSR count). The van der Waals surface area contributed by atoms with Crippen LogP contribution >= 0.6 is 0 Å². The van der Waals surface area contributed by atoms with Crippen LogP contribution in [0, 0.1) is 11.3 Å². The fourth-order valence-electron chi connectivity index (χ4n) is 3.41. The van der Waals surface area contributed by atoms with Gasteiger partial charge in [-0.2, -0.15) is 0 Å². The summed E-state index contributed by atoms with van der Waals surface area (Å²) in [6.45, 7) is 11.7. The summed E-state index contributed by atoms with van der Waals surface area (Å²) in [5.41, 5.74) is 0.287. The number of rotatable bonds is 15. The van der Waals surface area contributed by atoms with E-state index in [9.17, 15) is 4.79 Å². The molecule has 0 saturated heterocycles. The molecule has 2 heteroatoms. The van der Waals surface area contributed by atoms with E-state index in [0.29, 0.717) is 18.9 Å². The van der Waals surface area contributed by atoms with Crippen molar-refractivity contribution in [1.29, 1.82) is 0 Å². The quantitative estimate of drug-likeness (QED) is 0.231. The normalized spacial score (nSPS) is 13.0. The van der Waals surface area contributed by atoms with Crippen LogP contribution in [0.5, 0.6) is 0 Å². The van der Waals surface area contributed by atoms with E-state index < -0.39 is 0 Å². The van der Waals surface area contributed by atoms with Crippen LogP contribution in [0.2, 0.25) is 0 Å². The molecular formula is C22H44O2. The number of unbranched alkanes of at least 4 members (excludes halogenated alkanes) is 10. The Morgan fingerprint density at radius 2 is 1.29 bits per heavy atom. The van der Waals surface area contributed by atoms with Crippen molar-refractivity contribution in [3.63, 3.8) is 0 Å². The fourth-order valence-corrected chi connectivity index (χ4v) is 3.41. The molecule has 0 N–H and O–H groups in total. The summed E-state index contributed by atoms with van der Waals surface area (Å²) in [6, 6.07) is 0. The van der Waals surface area contributed by atoms with Crippen molar-refractivity contribution in [1.82, 2.24) is 0 Å². The zero-order chi connectivity index (χ0) is 18.3. The molecule has 0 heterocycles. The largest absolute Gasteiger partial charge is 0.466 e. The van der Waals surface area contributed by atoms with Crippen molar-refractivity contribution in [3.8, 4) is 0 Å². The molecule has 1 unspecified atom stereocenters. The first-order chi connectivity index (χ1) is 11.3. The Labute approximate surface area is 152 Å². The average molecular weight is 341 g/mol. The molecule has 0 aromatic rings. The first-order valence-electron chi connectivity index (χ1n) is 10.5. The predicted molar refractivity (Wildman–Crippen MR) is 105 cm³/mol. The second kappa shape index (κ2) is 14.8. The molecule has 1 atom stereocenters. The van der Waals surface area contributed by atoms with Gasteiger partial charge in [0.25, 0.3) is 0 Å². The maximum absolute atomic E-state index is 11.8. The van der Waals surface area contributed by atoms with Crippen molar-refractivity contribution < 1.29 is 9.53 Å². The molecule has 0 radical (unpaired) electrons. The van der Waals surface area contributed by atoms with Crippen molar-refractivity contribution in [2.45, 2.75) is 118 Å². The Morgan fingerprint density at radius 1 is 0.833 bits per heavy atom. The number of carbonyl (C=O) groups excluding carboxylic acids is 1. The lowest BCUT2D eigenvalue weighted by atomic mass is 9.84. The fraction of sp³-hybridized carbons (Fsp3) is 0.955. The van der Waals surface area contributed by atoms with E-state index in [0.717, 1.165) is 12.8 Å². The van der Waals surface area contributed by atoms with E-state index in [1.165, 1.54) is 64.2 Å². The lowest BCUT2D eigenvalue weighted by Gasteiger charge is -2.22. The maximum atomic E-state index is 11.8. The van der Waals surface area contributed by atoms with E-state index in [4.69, 9.17) is 4.74 Å². The summed E-state index contributed by atoms with van der Waals surface area (Å²) in [4.78, 5) is 11.8. The van der Waals surface area contributed by atoms with E-state index in [2.05, 4.69) is 34.6 Å². The molecule has 0 aromatic heterocycles. The smallest absolute Gasteiger partial charge is 0.306 e. The second-order valence-corrected chi connectivity index (χ2v) is 8.83.